The zero-order valence-corrected chi connectivity index (χ0v) is 16.6. The van der Waals surface area contributed by atoms with Crippen LogP contribution in [0.4, 0.5) is 15.9 Å². The summed E-state index contributed by atoms with van der Waals surface area (Å²) in [7, 11) is 0. The van der Waals surface area contributed by atoms with E-state index in [2.05, 4.69) is 34.1 Å². The zero-order chi connectivity index (χ0) is 20.8. The van der Waals surface area contributed by atoms with Gasteiger partial charge in [-0.25, -0.2) is 14.4 Å². The molecule has 0 bridgehead atoms. The van der Waals surface area contributed by atoms with E-state index < -0.39 is 5.91 Å². The molecule has 0 fully saturated rings. The summed E-state index contributed by atoms with van der Waals surface area (Å²) in [4.78, 5) is 25.1. The number of nitrogens with two attached hydrogens (primary N) is 1. The molecule has 4 rings (SSSR count). The third-order valence-electron chi connectivity index (χ3n) is 5.10. The summed E-state index contributed by atoms with van der Waals surface area (Å²) in [6.07, 6.45) is 4.52. The SMILES string of the molecule is Cc1ccc(F)c(-c2nc3c(c(Nc4ccncc4C(N)=O)n2)CC(C)(C)C3)c1. The van der Waals surface area contributed by atoms with Crippen molar-refractivity contribution in [3.63, 3.8) is 0 Å². The van der Waals surface area contributed by atoms with Crippen molar-refractivity contribution in [1.29, 1.82) is 0 Å². The molecule has 0 radical (unpaired) electrons. The van der Waals surface area contributed by atoms with Crippen molar-refractivity contribution in [1.82, 2.24) is 15.0 Å². The largest absolute Gasteiger partial charge is 0.365 e. The van der Waals surface area contributed by atoms with E-state index >= 15 is 0 Å². The Hall–Kier alpha value is -3.35. The fourth-order valence-electron chi connectivity index (χ4n) is 3.72. The first-order valence-corrected chi connectivity index (χ1v) is 9.41. The van der Waals surface area contributed by atoms with E-state index in [0.29, 0.717) is 22.9 Å². The summed E-state index contributed by atoms with van der Waals surface area (Å²) in [5, 5.41) is 3.22. The van der Waals surface area contributed by atoms with Gasteiger partial charge in [-0.15, -0.1) is 0 Å². The number of aromatic nitrogens is 3. The maximum Gasteiger partial charge on any atom is 0.252 e. The van der Waals surface area contributed by atoms with E-state index in [1.54, 1.807) is 24.4 Å². The molecule has 0 saturated heterocycles. The van der Waals surface area contributed by atoms with Crippen LogP contribution in [0.1, 0.15) is 41.0 Å². The van der Waals surface area contributed by atoms with E-state index in [0.717, 1.165) is 29.7 Å². The number of carbonyl (C=O) groups excluding carboxylic acids is 1. The molecular weight excluding hydrogens is 369 g/mol. The molecule has 1 aliphatic carbocycles. The summed E-state index contributed by atoms with van der Waals surface area (Å²) in [5.74, 6) is -0.0814. The number of nitrogens with zero attached hydrogens (tertiary/aromatic N) is 3. The zero-order valence-electron chi connectivity index (χ0n) is 16.6. The third-order valence-corrected chi connectivity index (χ3v) is 5.10. The minimum atomic E-state index is -0.586. The van der Waals surface area contributed by atoms with Crippen LogP contribution < -0.4 is 11.1 Å². The predicted octanol–water partition coefficient (Wildman–Crippen LogP) is 3.95. The van der Waals surface area contributed by atoms with Crippen LogP contribution in [0.15, 0.2) is 36.7 Å². The van der Waals surface area contributed by atoms with Crippen LogP contribution in [0.25, 0.3) is 11.4 Å². The highest BCUT2D eigenvalue weighted by Crippen LogP contribution is 2.40. The molecule has 3 N–H and O–H groups in total. The number of primary amides is 1. The number of aryl methyl sites for hydroxylation is 1. The van der Waals surface area contributed by atoms with Gasteiger partial charge < -0.3 is 11.1 Å². The van der Waals surface area contributed by atoms with E-state index in [-0.39, 0.29) is 16.8 Å². The number of nitrogens with one attached hydrogen (secondary N) is 1. The van der Waals surface area contributed by atoms with Crippen LogP contribution in [0.3, 0.4) is 0 Å². The molecule has 6 nitrogen and oxygen atoms in total. The molecule has 2 heterocycles. The molecule has 0 unspecified atom stereocenters. The molecular formula is C22H22FN5O. The molecule has 1 aliphatic rings. The monoisotopic (exact) mass is 391 g/mol. The first kappa shape index (κ1) is 19.0. The number of carbonyl (C=O) groups is 1. The van der Waals surface area contributed by atoms with Gasteiger partial charge in [0.15, 0.2) is 5.82 Å². The fourth-order valence-corrected chi connectivity index (χ4v) is 3.72. The van der Waals surface area contributed by atoms with Crippen LogP contribution in [-0.2, 0) is 12.8 Å². The average molecular weight is 391 g/mol. The van der Waals surface area contributed by atoms with E-state index in [1.165, 1.54) is 12.3 Å². The Labute approximate surface area is 168 Å². The second-order valence-corrected chi connectivity index (χ2v) is 8.23. The van der Waals surface area contributed by atoms with Crippen molar-refractivity contribution in [3.05, 3.63) is 64.9 Å². The maximum absolute atomic E-state index is 14.5. The summed E-state index contributed by atoms with van der Waals surface area (Å²) in [6, 6.07) is 6.54. The number of anilines is 2. The third kappa shape index (κ3) is 3.68. The van der Waals surface area contributed by atoms with E-state index in [4.69, 9.17) is 5.73 Å². The normalized spacial score (nSPS) is 14.5. The standard InChI is InChI=1S/C22H22FN5O/c1-12-4-5-16(23)13(8-12)20-27-18-10-22(2,3)9-14(18)21(28-20)26-17-6-7-25-11-15(17)19(24)29/h4-8,11H,9-10H2,1-3H3,(H2,24,29)(H,25,26,27,28). The maximum atomic E-state index is 14.5. The number of benzene rings is 1. The minimum Gasteiger partial charge on any atom is -0.365 e. The Balaban J connectivity index is 1.87. The van der Waals surface area contributed by atoms with Crippen molar-refractivity contribution < 1.29 is 9.18 Å². The van der Waals surface area contributed by atoms with Crippen LogP contribution in [0, 0.1) is 18.2 Å². The van der Waals surface area contributed by atoms with Crippen LogP contribution in [0.2, 0.25) is 0 Å². The van der Waals surface area contributed by atoms with Gasteiger partial charge in [0.05, 0.1) is 22.5 Å². The molecule has 2 aromatic heterocycles. The molecule has 7 heteroatoms. The Bertz CT molecular complexity index is 1130. The number of pyridine rings is 1. The van der Waals surface area contributed by atoms with Crippen molar-refractivity contribution in [2.24, 2.45) is 11.1 Å². The molecule has 0 atom stereocenters. The first-order chi connectivity index (χ1) is 13.7. The quantitative estimate of drug-likeness (QED) is 0.702. The Kier molecular flexibility index (Phi) is 4.53. The molecule has 0 aliphatic heterocycles. The van der Waals surface area contributed by atoms with Crippen LogP contribution in [0.5, 0.6) is 0 Å². The smallest absolute Gasteiger partial charge is 0.252 e. The van der Waals surface area contributed by atoms with Gasteiger partial charge in [0.2, 0.25) is 0 Å². The number of hydrogen-bond acceptors (Lipinski definition) is 5. The molecule has 1 aromatic carbocycles. The molecule has 3 aromatic rings. The molecule has 0 spiro atoms. The average Bonchev–Trinajstić information content (AvgIpc) is 2.98. The second-order valence-electron chi connectivity index (χ2n) is 8.23. The lowest BCUT2D eigenvalue weighted by Crippen LogP contribution is -2.14. The number of fused-ring (bicyclic) bond motifs is 1. The number of rotatable bonds is 4. The van der Waals surface area contributed by atoms with Gasteiger partial charge in [-0.05, 0) is 43.4 Å². The summed E-state index contributed by atoms with van der Waals surface area (Å²) in [5.41, 5.74) is 9.40. The van der Waals surface area contributed by atoms with Gasteiger partial charge in [-0.3, -0.25) is 9.78 Å². The fraction of sp³-hybridized carbons (Fsp3) is 0.273. The molecule has 148 valence electrons. The predicted molar refractivity (Wildman–Crippen MR) is 109 cm³/mol. The molecule has 0 saturated carbocycles. The van der Waals surface area contributed by atoms with Gasteiger partial charge in [0.25, 0.3) is 5.91 Å². The Morgan fingerprint density at radius 1 is 1.21 bits per heavy atom. The highest BCUT2D eigenvalue weighted by atomic mass is 19.1. The van der Waals surface area contributed by atoms with Crippen LogP contribution in [-0.4, -0.2) is 20.9 Å². The second kappa shape index (κ2) is 6.92. The summed E-state index contributed by atoms with van der Waals surface area (Å²) >= 11 is 0. The number of amides is 1. The van der Waals surface area contributed by atoms with Crippen molar-refractivity contribution in [2.75, 3.05) is 5.32 Å². The highest BCUT2D eigenvalue weighted by Gasteiger charge is 2.33. The Morgan fingerprint density at radius 3 is 2.76 bits per heavy atom. The van der Waals surface area contributed by atoms with E-state index in [9.17, 15) is 9.18 Å². The minimum absolute atomic E-state index is 0.0158. The number of halogens is 1. The van der Waals surface area contributed by atoms with Gasteiger partial charge in [0.1, 0.15) is 11.6 Å². The molecule has 1 amide bonds. The molecule has 29 heavy (non-hydrogen) atoms. The Morgan fingerprint density at radius 2 is 2.00 bits per heavy atom. The highest BCUT2D eigenvalue weighted by molar-refractivity contribution is 5.98. The van der Waals surface area contributed by atoms with Gasteiger partial charge in [-0.2, -0.15) is 0 Å². The topological polar surface area (TPSA) is 93.8 Å². The van der Waals surface area contributed by atoms with Gasteiger partial charge in [-0.1, -0.05) is 25.5 Å². The van der Waals surface area contributed by atoms with Gasteiger partial charge in [0, 0.05) is 18.0 Å². The summed E-state index contributed by atoms with van der Waals surface area (Å²) < 4.78 is 14.5. The lowest BCUT2D eigenvalue weighted by molar-refractivity contribution is 0.100. The first-order valence-electron chi connectivity index (χ1n) is 9.41. The van der Waals surface area contributed by atoms with Crippen LogP contribution >= 0.6 is 0 Å². The summed E-state index contributed by atoms with van der Waals surface area (Å²) in [6.45, 7) is 6.22. The lowest BCUT2D eigenvalue weighted by atomic mass is 9.90. The lowest BCUT2D eigenvalue weighted by Gasteiger charge is -2.16. The number of hydrogen-bond donors (Lipinski definition) is 2. The van der Waals surface area contributed by atoms with Crippen molar-refractivity contribution in [3.8, 4) is 11.4 Å². The van der Waals surface area contributed by atoms with E-state index in [1.807, 2.05) is 6.92 Å². The van der Waals surface area contributed by atoms with Gasteiger partial charge >= 0.3 is 0 Å². The van der Waals surface area contributed by atoms with Crippen molar-refractivity contribution >= 4 is 17.4 Å². The van der Waals surface area contributed by atoms with Crippen molar-refractivity contribution in [2.45, 2.75) is 33.6 Å².